The normalized spacial score (nSPS) is 17.2. The van der Waals surface area contributed by atoms with Gasteiger partial charge in [-0.2, -0.15) is 5.10 Å². The summed E-state index contributed by atoms with van der Waals surface area (Å²) in [4.78, 5) is 30.2. The number of aryl methyl sites for hydroxylation is 3. The molecule has 0 fully saturated rings. The molecule has 9 heteroatoms. The Bertz CT molecular complexity index is 1030. The minimum Gasteiger partial charge on any atom is -0.325 e. The highest BCUT2D eigenvalue weighted by Gasteiger charge is 2.43. The van der Waals surface area contributed by atoms with Crippen molar-refractivity contribution >= 4 is 51.5 Å². The highest BCUT2D eigenvalue weighted by Crippen LogP contribution is 2.38. The number of unbranched alkanes of at least 4 members (excludes halogenated alkanes) is 1. The Balaban J connectivity index is 1.46. The van der Waals surface area contributed by atoms with Gasteiger partial charge in [0.05, 0.1) is 11.4 Å². The molecule has 0 bridgehead atoms. The number of benzene rings is 1. The van der Waals surface area contributed by atoms with Crippen molar-refractivity contribution in [3.63, 3.8) is 0 Å². The number of hydrazone groups is 1. The largest absolute Gasteiger partial charge is 0.325 e. The quantitative estimate of drug-likeness (QED) is 0.678. The summed E-state index contributed by atoms with van der Waals surface area (Å²) in [7, 11) is 0. The first-order chi connectivity index (χ1) is 14.9. The van der Waals surface area contributed by atoms with Crippen LogP contribution in [0.15, 0.2) is 28.7 Å². The number of amidine groups is 1. The number of nitrogens with one attached hydrogen (secondary N) is 2. The van der Waals surface area contributed by atoms with Gasteiger partial charge >= 0.3 is 0 Å². The maximum absolute atomic E-state index is 12.9. The molecule has 2 aromatic rings. The average Bonchev–Trinajstić information content (AvgIpc) is 3.36. The van der Waals surface area contributed by atoms with E-state index in [0.717, 1.165) is 40.2 Å². The van der Waals surface area contributed by atoms with Crippen LogP contribution in [0.1, 0.15) is 46.1 Å². The van der Waals surface area contributed by atoms with Crippen LogP contribution in [-0.4, -0.2) is 40.5 Å². The topological polar surface area (TPSA) is 77.0 Å². The van der Waals surface area contributed by atoms with Crippen LogP contribution in [0, 0.1) is 20.8 Å². The minimum atomic E-state index is -0.340. The number of amides is 2. The molecule has 1 unspecified atom stereocenters. The minimum absolute atomic E-state index is 0.0386. The highest BCUT2D eigenvalue weighted by atomic mass is 32.2. The predicted molar refractivity (Wildman–Crippen MR) is 129 cm³/mol. The van der Waals surface area contributed by atoms with E-state index in [2.05, 4.69) is 41.8 Å². The number of hydrogen-bond acceptors (Lipinski definition) is 7. The maximum Gasteiger partial charge on any atom is 0.269 e. The fourth-order valence-electron chi connectivity index (χ4n) is 4.00. The number of anilines is 2. The van der Waals surface area contributed by atoms with E-state index in [4.69, 9.17) is 0 Å². The number of hydrogen-bond donors (Lipinski definition) is 2. The Hall–Kier alpha value is -2.52. The monoisotopic (exact) mass is 457 g/mol. The standard InChI is InChI=1S/C22H27N5O2S2/c1-5-6-8-26-20(29)19-16(7-9-30-19)27-21(26)24-25-22(27)31-12-17(28)23-18-14(3)10-13(2)11-15(18)4/h7,9-11,21,24H,5-6,8,12H2,1-4H3,(H,23,28). The van der Waals surface area contributed by atoms with Gasteiger partial charge in [-0.25, -0.2) is 0 Å². The van der Waals surface area contributed by atoms with Crippen LogP contribution >= 0.6 is 23.1 Å². The summed E-state index contributed by atoms with van der Waals surface area (Å²) in [6.07, 6.45) is 1.60. The van der Waals surface area contributed by atoms with E-state index in [1.54, 1.807) is 0 Å². The summed E-state index contributed by atoms with van der Waals surface area (Å²) in [5.74, 6) is 0.197. The molecule has 2 aliphatic heterocycles. The second kappa shape index (κ2) is 8.92. The number of fused-ring (bicyclic) bond motifs is 3. The van der Waals surface area contributed by atoms with Gasteiger partial charge in [0.25, 0.3) is 5.91 Å². The van der Waals surface area contributed by atoms with Gasteiger partial charge in [-0.05, 0) is 49.8 Å². The SMILES string of the molecule is CCCCN1C(=O)c2sccc2N2C(SCC(=O)Nc3c(C)cc(C)cc3C)=NNC12. The summed E-state index contributed by atoms with van der Waals surface area (Å²) >= 11 is 2.82. The molecule has 31 heavy (non-hydrogen) atoms. The highest BCUT2D eigenvalue weighted by molar-refractivity contribution is 8.14. The fraction of sp³-hybridized carbons (Fsp3) is 0.409. The Morgan fingerprint density at radius 2 is 2.03 bits per heavy atom. The van der Waals surface area contributed by atoms with E-state index < -0.39 is 0 Å². The second-order valence-corrected chi connectivity index (χ2v) is 9.72. The van der Waals surface area contributed by atoms with E-state index in [-0.39, 0.29) is 23.9 Å². The average molecular weight is 458 g/mol. The van der Waals surface area contributed by atoms with Gasteiger partial charge in [-0.15, -0.1) is 11.3 Å². The van der Waals surface area contributed by atoms with Crippen LogP contribution in [0.25, 0.3) is 0 Å². The van der Waals surface area contributed by atoms with Crippen molar-refractivity contribution in [1.82, 2.24) is 10.3 Å². The van der Waals surface area contributed by atoms with Crippen molar-refractivity contribution in [3.05, 3.63) is 45.1 Å². The first kappa shape index (κ1) is 21.7. The van der Waals surface area contributed by atoms with Gasteiger partial charge in [0.15, 0.2) is 5.17 Å². The van der Waals surface area contributed by atoms with E-state index in [0.29, 0.717) is 11.7 Å². The number of thiophene rings is 1. The lowest BCUT2D eigenvalue weighted by Crippen LogP contribution is -2.58. The number of carbonyl (C=O) groups excluding carboxylic acids is 2. The second-order valence-electron chi connectivity index (χ2n) is 7.86. The van der Waals surface area contributed by atoms with Crippen LogP contribution < -0.4 is 15.6 Å². The molecule has 1 atom stereocenters. The molecular formula is C22H27N5O2S2. The third kappa shape index (κ3) is 4.16. The zero-order chi connectivity index (χ0) is 22.1. The lowest BCUT2D eigenvalue weighted by molar-refractivity contribution is -0.113. The Kier molecular flexibility index (Phi) is 6.24. The molecule has 0 radical (unpaired) electrons. The first-order valence-electron chi connectivity index (χ1n) is 10.4. The zero-order valence-electron chi connectivity index (χ0n) is 18.2. The molecule has 2 amide bonds. The molecule has 2 N–H and O–H groups in total. The molecular weight excluding hydrogens is 430 g/mol. The molecule has 4 rings (SSSR count). The molecule has 0 saturated heterocycles. The van der Waals surface area contributed by atoms with Crippen molar-refractivity contribution in [2.45, 2.75) is 46.8 Å². The Morgan fingerprint density at radius 3 is 2.74 bits per heavy atom. The smallest absolute Gasteiger partial charge is 0.269 e. The lowest BCUT2D eigenvalue weighted by Gasteiger charge is -2.39. The van der Waals surface area contributed by atoms with E-state index in [1.165, 1.54) is 28.7 Å². The number of nitrogens with zero attached hydrogens (tertiary/aromatic N) is 3. The van der Waals surface area contributed by atoms with E-state index in [1.807, 2.05) is 35.1 Å². The van der Waals surface area contributed by atoms with Crippen LogP contribution in [0.2, 0.25) is 0 Å². The van der Waals surface area contributed by atoms with Gasteiger partial charge in [-0.3, -0.25) is 24.8 Å². The van der Waals surface area contributed by atoms with Crippen LogP contribution in [0.4, 0.5) is 11.4 Å². The third-order valence-corrected chi connectivity index (χ3v) is 7.25. The molecule has 0 spiro atoms. The van der Waals surface area contributed by atoms with Crippen LogP contribution in [-0.2, 0) is 4.79 Å². The van der Waals surface area contributed by atoms with Crippen LogP contribution in [0.5, 0.6) is 0 Å². The molecule has 3 heterocycles. The molecule has 2 aliphatic rings. The molecule has 1 aromatic heterocycles. The van der Waals surface area contributed by atoms with Gasteiger partial charge in [0, 0.05) is 12.2 Å². The van der Waals surface area contributed by atoms with E-state index >= 15 is 0 Å². The first-order valence-corrected chi connectivity index (χ1v) is 12.3. The Labute approximate surface area is 190 Å². The maximum atomic E-state index is 12.9. The lowest BCUT2D eigenvalue weighted by atomic mass is 10.1. The summed E-state index contributed by atoms with van der Waals surface area (Å²) in [6, 6.07) is 6.09. The van der Waals surface area contributed by atoms with Gasteiger partial charge in [0.1, 0.15) is 4.88 Å². The molecule has 1 aromatic carbocycles. The van der Waals surface area contributed by atoms with Gasteiger partial charge < -0.3 is 5.32 Å². The third-order valence-electron chi connectivity index (χ3n) is 5.41. The van der Waals surface area contributed by atoms with Crippen LogP contribution in [0.3, 0.4) is 0 Å². The number of carbonyl (C=O) groups is 2. The van der Waals surface area contributed by atoms with Gasteiger partial charge in [0.2, 0.25) is 12.2 Å². The fourth-order valence-corrected chi connectivity index (χ4v) is 5.63. The van der Waals surface area contributed by atoms with Crippen molar-refractivity contribution in [2.75, 3.05) is 22.5 Å². The van der Waals surface area contributed by atoms with Gasteiger partial charge in [-0.1, -0.05) is 42.8 Å². The number of rotatable bonds is 6. The molecule has 0 saturated carbocycles. The summed E-state index contributed by atoms with van der Waals surface area (Å²) in [5.41, 5.74) is 8.11. The summed E-state index contributed by atoms with van der Waals surface area (Å²) in [6.45, 7) is 8.84. The number of thioether (sulfide) groups is 1. The molecule has 0 aliphatic carbocycles. The van der Waals surface area contributed by atoms with E-state index in [9.17, 15) is 9.59 Å². The van der Waals surface area contributed by atoms with Crippen molar-refractivity contribution < 1.29 is 9.59 Å². The Morgan fingerprint density at radius 1 is 1.29 bits per heavy atom. The zero-order valence-corrected chi connectivity index (χ0v) is 19.8. The van der Waals surface area contributed by atoms with Crippen molar-refractivity contribution in [3.8, 4) is 0 Å². The van der Waals surface area contributed by atoms with Crippen molar-refractivity contribution in [2.24, 2.45) is 5.10 Å². The molecule has 164 valence electrons. The summed E-state index contributed by atoms with van der Waals surface area (Å²) < 4.78 is 0. The molecule has 7 nitrogen and oxygen atoms in total. The summed E-state index contributed by atoms with van der Waals surface area (Å²) in [5, 5.41) is 10.1. The predicted octanol–water partition coefficient (Wildman–Crippen LogP) is 4.27. The van der Waals surface area contributed by atoms with Crippen molar-refractivity contribution in [1.29, 1.82) is 0 Å².